The van der Waals surface area contributed by atoms with Crippen LogP contribution in [-0.4, -0.2) is 4.98 Å². The van der Waals surface area contributed by atoms with Crippen LogP contribution in [0.1, 0.15) is 0 Å². The van der Waals surface area contributed by atoms with E-state index in [1.807, 2.05) is 0 Å². The predicted octanol–water partition coefficient (Wildman–Crippen LogP) is 4.42. The molecule has 0 aliphatic carbocycles. The zero-order chi connectivity index (χ0) is 12.4. The molecular formula is C11H7Cl3N2O. The Balaban J connectivity index is 2.33. The summed E-state index contributed by atoms with van der Waals surface area (Å²) in [4.78, 5) is 3.99. The second-order valence-electron chi connectivity index (χ2n) is 3.22. The maximum atomic E-state index is 5.87. The SMILES string of the molecule is Nc1cc(Cl)c(Cl)cc1Oc1cc(Cl)ccn1. The van der Waals surface area contributed by atoms with Gasteiger partial charge in [-0.3, -0.25) is 0 Å². The van der Waals surface area contributed by atoms with Gasteiger partial charge in [-0.25, -0.2) is 4.98 Å². The minimum absolute atomic E-state index is 0.336. The van der Waals surface area contributed by atoms with Crippen molar-refractivity contribution in [2.45, 2.75) is 0 Å². The molecule has 0 spiro atoms. The van der Waals surface area contributed by atoms with Crippen molar-refractivity contribution in [1.82, 2.24) is 4.98 Å². The summed E-state index contributed by atoms with van der Waals surface area (Å²) in [5.74, 6) is 0.719. The van der Waals surface area contributed by atoms with E-state index in [9.17, 15) is 0 Å². The van der Waals surface area contributed by atoms with Crippen LogP contribution in [0.15, 0.2) is 30.5 Å². The fourth-order valence-corrected chi connectivity index (χ4v) is 1.66. The van der Waals surface area contributed by atoms with Gasteiger partial charge >= 0.3 is 0 Å². The number of nitrogens with two attached hydrogens (primary N) is 1. The molecule has 0 saturated heterocycles. The van der Waals surface area contributed by atoms with E-state index in [4.69, 9.17) is 45.3 Å². The number of hydrogen-bond acceptors (Lipinski definition) is 3. The third-order valence-electron chi connectivity index (χ3n) is 1.96. The molecule has 0 fully saturated rings. The van der Waals surface area contributed by atoms with Crippen LogP contribution in [0.5, 0.6) is 11.6 Å². The van der Waals surface area contributed by atoms with E-state index in [1.165, 1.54) is 18.3 Å². The second kappa shape index (κ2) is 5.00. The molecule has 0 atom stereocenters. The number of aromatic nitrogens is 1. The van der Waals surface area contributed by atoms with E-state index in [2.05, 4.69) is 4.98 Å². The number of hydrogen-bond donors (Lipinski definition) is 1. The molecule has 2 rings (SSSR count). The van der Waals surface area contributed by atoms with Gasteiger partial charge in [0.15, 0.2) is 5.75 Å². The maximum Gasteiger partial charge on any atom is 0.220 e. The van der Waals surface area contributed by atoms with Crippen LogP contribution < -0.4 is 10.5 Å². The smallest absolute Gasteiger partial charge is 0.220 e. The summed E-state index contributed by atoms with van der Waals surface area (Å²) in [6.45, 7) is 0. The number of rotatable bonds is 2. The molecule has 1 aromatic carbocycles. The lowest BCUT2D eigenvalue weighted by molar-refractivity contribution is 0.465. The Hall–Kier alpha value is -1.16. The number of ether oxygens (including phenoxy) is 1. The first-order valence-electron chi connectivity index (χ1n) is 4.60. The summed E-state index contributed by atoms with van der Waals surface area (Å²) in [6.07, 6.45) is 1.53. The average molecular weight is 290 g/mol. The Labute approximate surface area is 113 Å². The van der Waals surface area contributed by atoms with Gasteiger partial charge in [-0.1, -0.05) is 34.8 Å². The quantitative estimate of drug-likeness (QED) is 0.833. The molecule has 0 saturated carbocycles. The van der Waals surface area contributed by atoms with Crippen molar-refractivity contribution in [1.29, 1.82) is 0 Å². The fourth-order valence-electron chi connectivity index (χ4n) is 1.19. The van der Waals surface area contributed by atoms with E-state index >= 15 is 0 Å². The van der Waals surface area contributed by atoms with Crippen LogP contribution in [0, 0.1) is 0 Å². The lowest BCUT2D eigenvalue weighted by Gasteiger charge is -2.08. The van der Waals surface area contributed by atoms with Gasteiger partial charge in [0.2, 0.25) is 5.88 Å². The van der Waals surface area contributed by atoms with Gasteiger partial charge in [0.05, 0.1) is 15.7 Å². The molecule has 0 bridgehead atoms. The Morgan fingerprint density at radius 2 is 1.76 bits per heavy atom. The summed E-state index contributed by atoms with van der Waals surface area (Å²) in [7, 11) is 0. The molecule has 2 N–H and O–H groups in total. The van der Waals surface area contributed by atoms with Crippen molar-refractivity contribution in [3.63, 3.8) is 0 Å². The monoisotopic (exact) mass is 288 g/mol. The van der Waals surface area contributed by atoms with Crippen molar-refractivity contribution >= 4 is 40.5 Å². The summed E-state index contributed by atoms with van der Waals surface area (Å²) in [5.41, 5.74) is 6.12. The number of anilines is 1. The maximum absolute atomic E-state index is 5.87. The lowest BCUT2D eigenvalue weighted by Crippen LogP contribution is -1.93. The molecule has 88 valence electrons. The Kier molecular flexibility index (Phi) is 3.62. The van der Waals surface area contributed by atoms with E-state index in [1.54, 1.807) is 12.1 Å². The third kappa shape index (κ3) is 2.94. The summed E-state index contributed by atoms with van der Waals surface area (Å²) >= 11 is 17.5. The number of pyridine rings is 1. The summed E-state index contributed by atoms with van der Waals surface area (Å²) < 4.78 is 5.46. The first-order valence-corrected chi connectivity index (χ1v) is 5.73. The van der Waals surface area contributed by atoms with Gasteiger partial charge in [0.25, 0.3) is 0 Å². The fraction of sp³-hybridized carbons (Fsp3) is 0. The number of nitrogen functional groups attached to an aromatic ring is 1. The van der Waals surface area contributed by atoms with Crippen LogP contribution in [0.25, 0.3) is 0 Å². The predicted molar refractivity (Wildman–Crippen MR) is 70.2 cm³/mol. The minimum Gasteiger partial charge on any atom is -0.437 e. The van der Waals surface area contributed by atoms with Gasteiger partial charge in [-0.15, -0.1) is 0 Å². The number of nitrogens with zero attached hydrogens (tertiary/aromatic N) is 1. The molecule has 2 aromatic rings. The third-order valence-corrected chi connectivity index (χ3v) is 2.92. The standard InChI is InChI=1S/C11H7Cl3N2O/c12-6-1-2-16-11(3-6)17-10-5-8(14)7(13)4-9(10)15/h1-5H,15H2. The van der Waals surface area contributed by atoms with Crippen molar-refractivity contribution in [3.05, 3.63) is 45.5 Å². The first-order chi connectivity index (χ1) is 8.06. The molecule has 17 heavy (non-hydrogen) atoms. The zero-order valence-electron chi connectivity index (χ0n) is 8.45. The zero-order valence-corrected chi connectivity index (χ0v) is 10.7. The second-order valence-corrected chi connectivity index (χ2v) is 4.47. The molecule has 0 aliphatic heterocycles. The van der Waals surface area contributed by atoms with Crippen molar-refractivity contribution in [2.75, 3.05) is 5.73 Å². The molecule has 6 heteroatoms. The largest absolute Gasteiger partial charge is 0.437 e. The highest BCUT2D eigenvalue weighted by Crippen LogP contribution is 2.34. The molecule has 1 heterocycles. The van der Waals surface area contributed by atoms with E-state index in [0.717, 1.165) is 0 Å². The Morgan fingerprint density at radius 3 is 2.47 bits per heavy atom. The average Bonchev–Trinajstić information content (AvgIpc) is 2.26. The molecule has 0 radical (unpaired) electrons. The van der Waals surface area contributed by atoms with Gasteiger partial charge in [-0.2, -0.15) is 0 Å². The van der Waals surface area contributed by atoms with Gasteiger partial charge in [-0.05, 0) is 12.1 Å². The van der Waals surface area contributed by atoms with E-state index in [0.29, 0.717) is 32.4 Å². The van der Waals surface area contributed by atoms with Crippen LogP contribution >= 0.6 is 34.8 Å². The number of benzene rings is 1. The van der Waals surface area contributed by atoms with Crippen molar-refractivity contribution < 1.29 is 4.74 Å². The van der Waals surface area contributed by atoms with Crippen molar-refractivity contribution in [2.24, 2.45) is 0 Å². The van der Waals surface area contributed by atoms with Gasteiger partial charge < -0.3 is 10.5 Å². The molecule has 3 nitrogen and oxygen atoms in total. The highest BCUT2D eigenvalue weighted by molar-refractivity contribution is 6.42. The molecule has 0 unspecified atom stereocenters. The summed E-state index contributed by atoms with van der Waals surface area (Å²) in [5, 5.41) is 1.25. The molecular weight excluding hydrogens is 282 g/mol. The van der Waals surface area contributed by atoms with E-state index in [-0.39, 0.29) is 0 Å². The minimum atomic E-state index is 0.336. The molecule has 0 aliphatic rings. The number of halogens is 3. The van der Waals surface area contributed by atoms with Gasteiger partial charge in [0, 0.05) is 23.4 Å². The van der Waals surface area contributed by atoms with Crippen LogP contribution in [0.2, 0.25) is 15.1 Å². The first kappa shape index (κ1) is 12.3. The van der Waals surface area contributed by atoms with E-state index < -0.39 is 0 Å². The van der Waals surface area contributed by atoms with Crippen LogP contribution in [0.3, 0.4) is 0 Å². The Bertz CT molecular complexity index is 560. The Morgan fingerprint density at radius 1 is 1.06 bits per heavy atom. The normalized spacial score (nSPS) is 10.3. The summed E-state index contributed by atoms with van der Waals surface area (Å²) in [6, 6.07) is 6.27. The lowest BCUT2D eigenvalue weighted by atomic mass is 10.3. The molecule has 1 aromatic heterocycles. The molecule has 0 amide bonds. The highest BCUT2D eigenvalue weighted by atomic mass is 35.5. The van der Waals surface area contributed by atoms with Gasteiger partial charge in [0.1, 0.15) is 0 Å². The van der Waals surface area contributed by atoms with Crippen LogP contribution in [0.4, 0.5) is 5.69 Å². The van der Waals surface area contributed by atoms with Crippen LogP contribution in [-0.2, 0) is 0 Å². The topological polar surface area (TPSA) is 48.1 Å². The van der Waals surface area contributed by atoms with Crippen molar-refractivity contribution in [3.8, 4) is 11.6 Å². The highest BCUT2D eigenvalue weighted by Gasteiger charge is 2.08.